The zero-order chi connectivity index (χ0) is 7.11. The topological polar surface area (TPSA) is 21.3 Å². The van der Waals surface area contributed by atoms with Gasteiger partial charge in [0.15, 0.2) is 0 Å². The van der Waals surface area contributed by atoms with Crippen LogP contribution in [0.4, 0.5) is 0 Å². The number of allylic oxidation sites excluding steroid dienone is 1. The van der Waals surface area contributed by atoms with E-state index in [1.165, 1.54) is 5.57 Å². The Labute approximate surface area is 56.9 Å². The molecule has 0 saturated carbocycles. The number of hydrogen-bond donors (Lipinski definition) is 1. The first kappa shape index (κ1) is 8.66. The van der Waals surface area contributed by atoms with Crippen LogP contribution in [0.15, 0.2) is 11.6 Å². The molecule has 9 heavy (non-hydrogen) atoms. The molecule has 54 valence electrons. The molecule has 0 fully saturated rings. The molecule has 0 amide bonds. The van der Waals surface area contributed by atoms with Crippen molar-refractivity contribution < 1.29 is 4.84 Å². The van der Waals surface area contributed by atoms with Gasteiger partial charge in [0.05, 0.1) is 7.11 Å². The van der Waals surface area contributed by atoms with Crippen LogP contribution in [0.3, 0.4) is 0 Å². The Balaban J connectivity index is 3.00. The van der Waals surface area contributed by atoms with Gasteiger partial charge in [0.1, 0.15) is 0 Å². The van der Waals surface area contributed by atoms with Crippen LogP contribution in [0.2, 0.25) is 0 Å². The molecule has 2 nitrogen and oxygen atoms in total. The lowest BCUT2D eigenvalue weighted by molar-refractivity contribution is 0.0933. The molecule has 0 aliphatic rings. The maximum Gasteiger partial charge on any atom is 0.0572 e. The van der Waals surface area contributed by atoms with Crippen molar-refractivity contribution in [3.8, 4) is 0 Å². The van der Waals surface area contributed by atoms with Crippen molar-refractivity contribution in [3.63, 3.8) is 0 Å². The van der Waals surface area contributed by atoms with Crippen molar-refractivity contribution in [2.24, 2.45) is 0 Å². The van der Waals surface area contributed by atoms with Crippen LogP contribution < -0.4 is 5.48 Å². The molecule has 0 heterocycles. The van der Waals surface area contributed by atoms with Gasteiger partial charge in [0.2, 0.25) is 0 Å². The Morgan fingerprint density at radius 2 is 2.22 bits per heavy atom. The van der Waals surface area contributed by atoms with Crippen molar-refractivity contribution in [1.29, 1.82) is 0 Å². The Morgan fingerprint density at radius 3 is 2.67 bits per heavy atom. The van der Waals surface area contributed by atoms with Crippen molar-refractivity contribution in [2.75, 3.05) is 13.7 Å². The van der Waals surface area contributed by atoms with Crippen LogP contribution in [0.1, 0.15) is 20.3 Å². The summed E-state index contributed by atoms with van der Waals surface area (Å²) >= 11 is 0. The van der Waals surface area contributed by atoms with Gasteiger partial charge in [-0.15, -0.1) is 0 Å². The van der Waals surface area contributed by atoms with Gasteiger partial charge in [0, 0.05) is 6.54 Å². The van der Waals surface area contributed by atoms with Crippen molar-refractivity contribution in [1.82, 2.24) is 5.48 Å². The summed E-state index contributed by atoms with van der Waals surface area (Å²) in [7, 11) is 1.63. The van der Waals surface area contributed by atoms with Crippen LogP contribution in [-0.4, -0.2) is 13.7 Å². The van der Waals surface area contributed by atoms with E-state index in [9.17, 15) is 0 Å². The van der Waals surface area contributed by atoms with Crippen LogP contribution >= 0.6 is 0 Å². The molecule has 2 heteroatoms. The normalized spacial score (nSPS) is 9.22. The molecule has 0 saturated heterocycles. The first-order valence-electron chi connectivity index (χ1n) is 3.16. The van der Waals surface area contributed by atoms with Crippen LogP contribution in [0.5, 0.6) is 0 Å². The summed E-state index contributed by atoms with van der Waals surface area (Å²) in [5.41, 5.74) is 4.11. The van der Waals surface area contributed by atoms with E-state index in [4.69, 9.17) is 0 Å². The SMILES string of the molecule is CONCCC=C(C)C. The molecule has 1 N–H and O–H groups in total. The van der Waals surface area contributed by atoms with Crippen molar-refractivity contribution in [3.05, 3.63) is 11.6 Å². The molecule has 0 radical (unpaired) electrons. The second-order valence-corrected chi connectivity index (χ2v) is 2.17. The maximum atomic E-state index is 4.64. The quantitative estimate of drug-likeness (QED) is 0.353. The summed E-state index contributed by atoms with van der Waals surface area (Å²) in [4.78, 5) is 4.64. The van der Waals surface area contributed by atoms with Crippen LogP contribution in [0, 0.1) is 0 Å². The third-order valence-corrected chi connectivity index (χ3v) is 0.943. The van der Waals surface area contributed by atoms with Crippen molar-refractivity contribution >= 4 is 0 Å². The zero-order valence-electron chi connectivity index (χ0n) is 6.40. The van der Waals surface area contributed by atoms with Crippen LogP contribution in [0.25, 0.3) is 0 Å². The summed E-state index contributed by atoms with van der Waals surface area (Å²) in [5, 5.41) is 0. The van der Waals surface area contributed by atoms with E-state index in [0.29, 0.717) is 0 Å². The van der Waals surface area contributed by atoms with E-state index in [0.717, 1.165) is 13.0 Å². The average Bonchev–Trinajstić information content (AvgIpc) is 1.80. The Morgan fingerprint density at radius 1 is 1.56 bits per heavy atom. The summed E-state index contributed by atoms with van der Waals surface area (Å²) in [6.45, 7) is 5.07. The lowest BCUT2D eigenvalue weighted by atomic mass is 10.3. The van der Waals surface area contributed by atoms with E-state index in [1.807, 2.05) is 0 Å². The molecule has 0 spiro atoms. The molecule has 0 bridgehead atoms. The Bertz CT molecular complexity index is 84.9. The van der Waals surface area contributed by atoms with E-state index >= 15 is 0 Å². The minimum absolute atomic E-state index is 0.891. The van der Waals surface area contributed by atoms with Crippen LogP contribution in [-0.2, 0) is 4.84 Å². The average molecular weight is 129 g/mol. The Kier molecular flexibility index (Phi) is 5.57. The third-order valence-electron chi connectivity index (χ3n) is 0.943. The fourth-order valence-electron chi connectivity index (χ4n) is 0.522. The van der Waals surface area contributed by atoms with Gasteiger partial charge in [-0.25, -0.2) is 5.48 Å². The highest BCUT2D eigenvalue weighted by Gasteiger charge is 1.79. The molecule has 0 aliphatic carbocycles. The standard InChI is InChI=1S/C7H15NO/c1-7(2)5-4-6-8-9-3/h5,8H,4,6H2,1-3H3. The molecule has 0 aliphatic heterocycles. The first-order chi connectivity index (χ1) is 4.27. The molecular weight excluding hydrogens is 114 g/mol. The molecular formula is C7H15NO. The summed E-state index contributed by atoms with van der Waals surface area (Å²) < 4.78 is 0. The van der Waals surface area contributed by atoms with Gasteiger partial charge < -0.3 is 4.84 Å². The van der Waals surface area contributed by atoms with Gasteiger partial charge in [-0.1, -0.05) is 11.6 Å². The van der Waals surface area contributed by atoms with Gasteiger partial charge >= 0.3 is 0 Å². The third kappa shape index (κ3) is 7.66. The maximum absolute atomic E-state index is 4.64. The van der Waals surface area contributed by atoms with Gasteiger partial charge in [-0.05, 0) is 20.3 Å². The van der Waals surface area contributed by atoms with Gasteiger partial charge in [-0.2, -0.15) is 0 Å². The first-order valence-corrected chi connectivity index (χ1v) is 3.16. The molecule has 0 unspecified atom stereocenters. The Hall–Kier alpha value is -0.340. The number of hydrogen-bond acceptors (Lipinski definition) is 2. The number of hydroxylamine groups is 1. The largest absolute Gasteiger partial charge is 0.305 e. The highest BCUT2D eigenvalue weighted by molar-refractivity contribution is 4.92. The highest BCUT2D eigenvalue weighted by Crippen LogP contribution is 1.90. The lowest BCUT2D eigenvalue weighted by Gasteiger charge is -1.96. The predicted octanol–water partition coefficient (Wildman–Crippen LogP) is 1.49. The van der Waals surface area contributed by atoms with Gasteiger partial charge in [-0.3, -0.25) is 0 Å². The van der Waals surface area contributed by atoms with E-state index < -0.39 is 0 Å². The molecule has 0 aromatic rings. The second-order valence-electron chi connectivity index (χ2n) is 2.17. The fourth-order valence-corrected chi connectivity index (χ4v) is 0.522. The lowest BCUT2D eigenvalue weighted by Crippen LogP contribution is -2.11. The molecule has 0 aromatic carbocycles. The second kappa shape index (κ2) is 5.79. The minimum Gasteiger partial charge on any atom is -0.305 e. The van der Waals surface area contributed by atoms with Gasteiger partial charge in [0.25, 0.3) is 0 Å². The monoisotopic (exact) mass is 129 g/mol. The summed E-state index contributed by atoms with van der Waals surface area (Å²) in [6, 6.07) is 0. The fraction of sp³-hybridized carbons (Fsp3) is 0.714. The molecule has 0 atom stereocenters. The molecule has 0 rings (SSSR count). The summed E-state index contributed by atoms with van der Waals surface area (Å²) in [6.07, 6.45) is 3.21. The van der Waals surface area contributed by atoms with E-state index in [2.05, 4.69) is 30.2 Å². The van der Waals surface area contributed by atoms with E-state index in [1.54, 1.807) is 7.11 Å². The minimum atomic E-state index is 0.891. The smallest absolute Gasteiger partial charge is 0.0572 e. The molecule has 0 aromatic heterocycles. The highest BCUT2D eigenvalue weighted by atomic mass is 16.6. The van der Waals surface area contributed by atoms with Crippen molar-refractivity contribution in [2.45, 2.75) is 20.3 Å². The zero-order valence-corrected chi connectivity index (χ0v) is 6.40. The number of rotatable bonds is 4. The predicted molar refractivity (Wildman–Crippen MR) is 39.1 cm³/mol. The summed E-state index contributed by atoms with van der Waals surface area (Å²) in [5.74, 6) is 0. The number of nitrogens with one attached hydrogen (secondary N) is 1. The van der Waals surface area contributed by atoms with E-state index in [-0.39, 0.29) is 0 Å².